The van der Waals surface area contributed by atoms with Gasteiger partial charge in [0.15, 0.2) is 0 Å². The highest BCUT2D eigenvalue weighted by Crippen LogP contribution is 1.99. The first kappa shape index (κ1) is 5.61. The van der Waals surface area contributed by atoms with Crippen molar-refractivity contribution in [1.29, 1.82) is 0 Å². The standard InChI is InChI=1S/C4H3N3O2/c8-7(9)4-2-1-3-5-6-4/h1-3H. The Morgan fingerprint density at radius 1 is 1.67 bits per heavy atom. The van der Waals surface area contributed by atoms with E-state index >= 15 is 0 Å². The molecule has 0 aromatic carbocycles. The molecule has 1 heterocycles. The van der Waals surface area contributed by atoms with Gasteiger partial charge in [0.25, 0.3) is 0 Å². The zero-order valence-corrected chi connectivity index (χ0v) is 4.39. The SMILES string of the molecule is O=[N+]([O-])c1cccnn1. The fourth-order valence-corrected chi connectivity index (χ4v) is 0.391. The quantitative estimate of drug-likeness (QED) is 0.402. The summed E-state index contributed by atoms with van der Waals surface area (Å²) in [6, 6.07) is 2.75. The van der Waals surface area contributed by atoms with Crippen molar-refractivity contribution in [1.82, 2.24) is 10.2 Å². The molecule has 0 saturated heterocycles. The topological polar surface area (TPSA) is 68.9 Å². The van der Waals surface area contributed by atoms with Gasteiger partial charge in [-0.1, -0.05) is 0 Å². The summed E-state index contributed by atoms with van der Waals surface area (Å²) in [7, 11) is 0. The van der Waals surface area contributed by atoms with E-state index in [1.54, 1.807) is 0 Å². The van der Waals surface area contributed by atoms with Crippen molar-refractivity contribution >= 4 is 5.82 Å². The van der Waals surface area contributed by atoms with E-state index in [9.17, 15) is 10.1 Å². The van der Waals surface area contributed by atoms with Gasteiger partial charge in [0.05, 0.1) is 11.3 Å². The lowest BCUT2D eigenvalue weighted by molar-refractivity contribution is -0.390. The maximum Gasteiger partial charge on any atom is 0.390 e. The summed E-state index contributed by atoms with van der Waals surface area (Å²) in [4.78, 5) is 9.31. The molecule has 0 spiro atoms. The summed E-state index contributed by atoms with van der Waals surface area (Å²) in [6.45, 7) is 0. The number of nitrogens with zero attached hydrogens (tertiary/aromatic N) is 3. The van der Waals surface area contributed by atoms with Crippen molar-refractivity contribution in [3.05, 3.63) is 28.4 Å². The lowest BCUT2D eigenvalue weighted by atomic mass is 10.5. The number of hydrogen-bond acceptors (Lipinski definition) is 4. The van der Waals surface area contributed by atoms with Gasteiger partial charge in [-0.25, -0.2) is 0 Å². The third-order valence-electron chi connectivity index (χ3n) is 0.745. The lowest BCUT2D eigenvalue weighted by Crippen LogP contribution is -1.91. The molecule has 0 aliphatic heterocycles. The molecular weight excluding hydrogens is 122 g/mol. The highest BCUT2D eigenvalue weighted by atomic mass is 16.6. The molecule has 46 valence electrons. The number of nitro groups is 1. The van der Waals surface area contributed by atoms with Crippen LogP contribution in [0.5, 0.6) is 0 Å². The van der Waals surface area contributed by atoms with Gasteiger partial charge in [0.1, 0.15) is 0 Å². The van der Waals surface area contributed by atoms with Gasteiger partial charge in [-0.3, -0.25) is 0 Å². The zero-order valence-electron chi connectivity index (χ0n) is 4.39. The van der Waals surface area contributed by atoms with Gasteiger partial charge in [0, 0.05) is 6.07 Å². The second-order valence-electron chi connectivity index (χ2n) is 1.34. The Labute approximate surface area is 50.5 Å². The van der Waals surface area contributed by atoms with Crippen molar-refractivity contribution < 1.29 is 4.92 Å². The first-order valence-corrected chi connectivity index (χ1v) is 2.23. The number of rotatable bonds is 1. The molecule has 0 unspecified atom stereocenters. The normalized spacial score (nSPS) is 8.89. The molecule has 0 N–H and O–H groups in total. The summed E-state index contributed by atoms with van der Waals surface area (Å²) in [5.41, 5.74) is 0. The Morgan fingerprint density at radius 2 is 2.44 bits per heavy atom. The summed E-state index contributed by atoms with van der Waals surface area (Å²) >= 11 is 0. The van der Waals surface area contributed by atoms with E-state index < -0.39 is 4.92 Å². The van der Waals surface area contributed by atoms with Crippen LogP contribution in [0.3, 0.4) is 0 Å². The Bertz CT molecular complexity index is 210. The Balaban J connectivity index is 2.98. The fourth-order valence-electron chi connectivity index (χ4n) is 0.391. The molecule has 0 radical (unpaired) electrons. The van der Waals surface area contributed by atoms with Crippen molar-refractivity contribution in [3.8, 4) is 0 Å². The highest BCUT2D eigenvalue weighted by molar-refractivity contribution is 5.12. The number of aromatic nitrogens is 2. The second kappa shape index (κ2) is 2.17. The predicted octanol–water partition coefficient (Wildman–Crippen LogP) is 0.385. The summed E-state index contributed by atoms with van der Waals surface area (Å²) in [5, 5.41) is 16.4. The summed E-state index contributed by atoms with van der Waals surface area (Å²) in [6.07, 6.45) is 1.38. The van der Waals surface area contributed by atoms with Crippen LogP contribution in [0.15, 0.2) is 18.3 Å². The summed E-state index contributed by atoms with van der Waals surface area (Å²) in [5.74, 6) is -0.225. The van der Waals surface area contributed by atoms with E-state index in [-0.39, 0.29) is 5.82 Å². The molecule has 0 bridgehead atoms. The van der Waals surface area contributed by atoms with Crippen LogP contribution in [-0.4, -0.2) is 15.1 Å². The number of hydrogen-bond donors (Lipinski definition) is 0. The van der Waals surface area contributed by atoms with E-state index in [2.05, 4.69) is 10.2 Å². The molecule has 0 saturated carbocycles. The van der Waals surface area contributed by atoms with Crippen LogP contribution in [0.25, 0.3) is 0 Å². The molecule has 9 heavy (non-hydrogen) atoms. The van der Waals surface area contributed by atoms with Crippen LogP contribution in [0, 0.1) is 10.1 Å². The van der Waals surface area contributed by atoms with E-state index in [1.807, 2.05) is 0 Å². The third kappa shape index (κ3) is 1.18. The predicted molar refractivity (Wildman–Crippen MR) is 28.7 cm³/mol. The first-order valence-electron chi connectivity index (χ1n) is 2.23. The summed E-state index contributed by atoms with van der Waals surface area (Å²) < 4.78 is 0. The van der Waals surface area contributed by atoms with E-state index in [0.717, 1.165) is 0 Å². The molecule has 0 aliphatic rings. The molecule has 0 fully saturated rings. The maximum absolute atomic E-state index is 9.90. The Morgan fingerprint density at radius 3 is 2.78 bits per heavy atom. The monoisotopic (exact) mass is 125 g/mol. The van der Waals surface area contributed by atoms with Gasteiger partial charge < -0.3 is 10.1 Å². The Hall–Kier alpha value is -1.52. The largest absolute Gasteiger partial charge is 0.390 e. The molecule has 1 aromatic rings. The van der Waals surface area contributed by atoms with Gasteiger partial charge in [-0.15, -0.1) is 0 Å². The minimum absolute atomic E-state index is 0.225. The average molecular weight is 125 g/mol. The molecule has 1 rings (SSSR count). The second-order valence-corrected chi connectivity index (χ2v) is 1.34. The zero-order chi connectivity index (χ0) is 6.69. The molecular formula is C4H3N3O2. The molecule has 0 amide bonds. The van der Waals surface area contributed by atoms with Crippen LogP contribution < -0.4 is 0 Å². The molecule has 0 aliphatic carbocycles. The van der Waals surface area contributed by atoms with Crippen LogP contribution in [-0.2, 0) is 0 Å². The van der Waals surface area contributed by atoms with Crippen LogP contribution in [0.4, 0.5) is 5.82 Å². The van der Waals surface area contributed by atoms with Crippen molar-refractivity contribution in [2.45, 2.75) is 0 Å². The maximum atomic E-state index is 9.90. The Kier molecular flexibility index (Phi) is 1.35. The lowest BCUT2D eigenvalue weighted by Gasteiger charge is -1.85. The van der Waals surface area contributed by atoms with Crippen molar-refractivity contribution in [2.75, 3.05) is 0 Å². The van der Waals surface area contributed by atoms with Crippen LogP contribution in [0.1, 0.15) is 0 Å². The molecule has 5 nitrogen and oxygen atoms in total. The van der Waals surface area contributed by atoms with Crippen molar-refractivity contribution in [3.63, 3.8) is 0 Å². The van der Waals surface area contributed by atoms with Gasteiger partial charge in [0.2, 0.25) is 0 Å². The third-order valence-corrected chi connectivity index (χ3v) is 0.745. The molecule has 0 atom stereocenters. The van der Waals surface area contributed by atoms with Crippen LogP contribution >= 0.6 is 0 Å². The van der Waals surface area contributed by atoms with E-state index in [0.29, 0.717) is 0 Å². The van der Waals surface area contributed by atoms with Crippen LogP contribution in [0.2, 0.25) is 0 Å². The van der Waals surface area contributed by atoms with Gasteiger partial charge in [-0.05, 0) is 16.1 Å². The van der Waals surface area contributed by atoms with Gasteiger partial charge >= 0.3 is 5.82 Å². The average Bonchev–Trinajstić information content (AvgIpc) is 1.90. The minimum Gasteiger partial charge on any atom is -0.358 e. The minimum atomic E-state index is -0.590. The fraction of sp³-hybridized carbons (Fsp3) is 0. The molecule has 1 aromatic heterocycles. The van der Waals surface area contributed by atoms with Gasteiger partial charge in [-0.2, -0.15) is 0 Å². The first-order chi connectivity index (χ1) is 4.30. The van der Waals surface area contributed by atoms with E-state index in [4.69, 9.17) is 0 Å². The molecule has 5 heteroatoms. The highest BCUT2D eigenvalue weighted by Gasteiger charge is 2.02. The van der Waals surface area contributed by atoms with Crippen molar-refractivity contribution in [2.24, 2.45) is 0 Å². The van der Waals surface area contributed by atoms with E-state index in [1.165, 1.54) is 18.3 Å². The smallest absolute Gasteiger partial charge is 0.358 e.